The Labute approximate surface area is 110 Å². The van der Waals surface area contributed by atoms with Gasteiger partial charge in [0.05, 0.1) is 23.4 Å². The van der Waals surface area contributed by atoms with Crippen LogP contribution in [-0.4, -0.2) is 33.6 Å². The van der Waals surface area contributed by atoms with Gasteiger partial charge in [0.15, 0.2) is 0 Å². The summed E-state index contributed by atoms with van der Waals surface area (Å²) in [5.41, 5.74) is -0.816. The minimum atomic E-state index is -0.707. The Morgan fingerprint density at radius 1 is 1.17 bits per heavy atom. The zero-order valence-electron chi connectivity index (χ0n) is 11.9. The van der Waals surface area contributed by atoms with Crippen molar-refractivity contribution in [2.45, 2.75) is 76.8 Å². The summed E-state index contributed by atoms with van der Waals surface area (Å²) in [5, 5.41) is 21.6. The number of ether oxygens (including phenoxy) is 1. The molecule has 0 radical (unpaired) electrons. The first kappa shape index (κ1) is 12.9. The average Bonchev–Trinajstić information content (AvgIpc) is 2.74. The van der Waals surface area contributed by atoms with Crippen LogP contribution in [0.2, 0.25) is 0 Å². The number of fused-ring (bicyclic) bond motifs is 2. The summed E-state index contributed by atoms with van der Waals surface area (Å²) >= 11 is 0. The molecule has 3 nitrogen and oxygen atoms in total. The predicted octanol–water partition coefficient (Wildman–Crippen LogP) is 2.10. The Bertz CT molecular complexity index is 369. The predicted molar refractivity (Wildman–Crippen MR) is 69.1 cm³/mol. The summed E-state index contributed by atoms with van der Waals surface area (Å²) in [6.07, 6.45) is 3.32. The van der Waals surface area contributed by atoms with Crippen molar-refractivity contribution in [1.29, 1.82) is 0 Å². The van der Waals surface area contributed by atoms with Gasteiger partial charge < -0.3 is 14.9 Å². The molecule has 3 aliphatic rings. The maximum absolute atomic E-state index is 11.0. The van der Waals surface area contributed by atoms with Crippen LogP contribution in [0.5, 0.6) is 0 Å². The van der Waals surface area contributed by atoms with Gasteiger partial charge >= 0.3 is 0 Å². The summed E-state index contributed by atoms with van der Waals surface area (Å²) in [5.74, 6) is 0.195. The van der Waals surface area contributed by atoms with Gasteiger partial charge in [-0.2, -0.15) is 0 Å². The van der Waals surface area contributed by atoms with Crippen LogP contribution in [-0.2, 0) is 4.74 Å². The van der Waals surface area contributed by atoms with Gasteiger partial charge in [-0.05, 0) is 37.5 Å². The maximum Gasteiger partial charge on any atom is 0.0945 e. The summed E-state index contributed by atoms with van der Waals surface area (Å²) < 4.78 is 5.78. The van der Waals surface area contributed by atoms with Crippen molar-refractivity contribution in [2.75, 3.05) is 0 Å². The van der Waals surface area contributed by atoms with Gasteiger partial charge in [0.25, 0.3) is 0 Å². The van der Waals surface area contributed by atoms with Crippen molar-refractivity contribution in [3.05, 3.63) is 0 Å². The van der Waals surface area contributed by atoms with Crippen molar-refractivity contribution in [3.8, 4) is 0 Å². The summed E-state index contributed by atoms with van der Waals surface area (Å²) in [4.78, 5) is 0. The zero-order valence-corrected chi connectivity index (χ0v) is 11.9. The Morgan fingerprint density at radius 3 is 2.44 bits per heavy atom. The molecule has 1 aliphatic heterocycles. The van der Waals surface area contributed by atoms with Crippen LogP contribution >= 0.6 is 0 Å². The minimum Gasteiger partial charge on any atom is -0.393 e. The fourth-order valence-corrected chi connectivity index (χ4v) is 4.76. The molecule has 1 heterocycles. The summed E-state index contributed by atoms with van der Waals surface area (Å²) in [6.45, 7) is 8.47. The van der Waals surface area contributed by atoms with Crippen LogP contribution in [0.4, 0.5) is 0 Å². The molecule has 3 heteroatoms. The van der Waals surface area contributed by atoms with E-state index in [0.717, 1.165) is 19.3 Å². The van der Waals surface area contributed by atoms with Crippen LogP contribution in [0, 0.1) is 17.3 Å². The third kappa shape index (κ3) is 1.53. The van der Waals surface area contributed by atoms with Gasteiger partial charge in [0.1, 0.15) is 0 Å². The van der Waals surface area contributed by atoms with Crippen molar-refractivity contribution in [2.24, 2.45) is 17.3 Å². The normalized spacial score (nSPS) is 59.2. The number of hydrogen-bond acceptors (Lipinski definition) is 3. The first-order valence-corrected chi connectivity index (χ1v) is 7.30. The molecule has 18 heavy (non-hydrogen) atoms. The number of aliphatic hydroxyl groups excluding tert-OH is 1. The van der Waals surface area contributed by atoms with E-state index in [-0.39, 0.29) is 29.0 Å². The highest BCUT2D eigenvalue weighted by Crippen LogP contribution is 2.62. The quantitative estimate of drug-likeness (QED) is 0.705. The zero-order chi connectivity index (χ0) is 13.3. The molecule has 0 bridgehead atoms. The number of rotatable bonds is 1. The number of aliphatic hydroxyl groups is 2. The molecule has 1 saturated heterocycles. The highest BCUT2D eigenvalue weighted by molar-refractivity contribution is 5.16. The molecule has 6 atom stereocenters. The molecule has 3 fully saturated rings. The molecular formula is C15H26O3. The van der Waals surface area contributed by atoms with E-state index in [1.807, 2.05) is 0 Å². The van der Waals surface area contributed by atoms with Crippen LogP contribution < -0.4 is 0 Å². The molecular weight excluding hydrogens is 228 g/mol. The SMILES string of the molecule is CC(C)[C@]1(O)CC[C@]2(C)C[C@@H]3O[C@]3(C)C[C@@H](O)[C@H]21. The molecule has 0 amide bonds. The minimum absolute atomic E-state index is 0.00164. The monoisotopic (exact) mass is 254 g/mol. The molecule has 104 valence electrons. The standard InChI is InChI=1S/C15H26O3/c1-9(2)15(17)6-5-13(3)8-11-14(4,18-11)7-10(16)12(13)15/h9-12,16-17H,5-8H2,1-4H3/t10-,11+,12-,13-,14-,15-/m1/s1. The smallest absolute Gasteiger partial charge is 0.0945 e. The molecule has 3 rings (SSSR count). The topological polar surface area (TPSA) is 53.0 Å². The fraction of sp³-hybridized carbons (Fsp3) is 1.00. The Kier molecular flexibility index (Phi) is 2.51. The van der Waals surface area contributed by atoms with Crippen LogP contribution in [0.15, 0.2) is 0 Å². The van der Waals surface area contributed by atoms with Crippen LogP contribution in [0.1, 0.15) is 53.4 Å². The van der Waals surface area contributed by atoms with Gasteiger partial charge in [0, 0.05) is 12.3 Å². The lowest BCUT2D eigenvalue weighted by Crippen LogP contribution is -2.49. The molecule has 2 aliphatic carbocycles. The van der Waals surface area contributed by atoms with E-state index in [2.05, 4.69) is 27.7 Å². The van der Waals surface area contributed by atoms with Crippen molar-refractivity contribution < 1.29 is 14.9 Å². The second kappa shape index (κ2) is 3.50. The van der Waals surface area contributed by atoms with Gasteiger partial charge in [-0.3, -0.25) is 0 Å². The Balaban J connectivity index is 1.97. The number of hydrogen-bond donors (Lipinski definition) is 2. The van der Waals surface area contributed by atoms with Gasteiger partial charge in [-0.1, -0.05) is 20.8 Å². The third-order valence-electron chi connectivity index (χ3n) is 6.07. The molecule has 0 spiro atoms. The second-order valence-corrected chi connectivity index (χ2v) is 7.67. The maximum atomic E-state index is 11.0. The Hall–Kier alpha value is -0.120. The molecule has 0 aromatic heterocycles. The van der Waals surface area contributed by atoms with Crippen molar-refractivity contribution in [1.82, 2.24) is 0 Å². The lowest BCUT2D eigenvalue weighted by atomic mass is 9.68. The largest absolute Gasteiger partial charge is 0.393 e. The van der Waals surface area contributed by atoms with E-state index in [4.69, 9.17) is 4.74 Å². The Morgan fingerprint density at radius 2 is 1.83 bits per heavy atom. The van der Waals surface area contributed by atoms with E-state index in [1.54, 1.807) is 0 Å². The van der Waals surface area contributed by atoms with Crippen molar-refractivity contribution >= 4 is 0 Å². The highest BCUT2D eigenvalue weighted by Gasteiger charge is 2.66. The van der Waals surface area contributed by atoms with Gasteiger partial charge in [-0.25, -0.2) is 0 Å². The van der Waals surface area contributed by atoms with Crippen molar-refractivity contribution in [3.63, 3.8) is 0 Å². The van der Waals surface area contributed by atoms with E-state index < -0.39 is 11.7 Å². The van der Waals surface area contributed by atoms with Crippen LogP contribution in [0.3, 0.4) is 0 Å². The lowest BCUT2D eigenvalue weighted by molar-refractivity contribution is -0.116. The summed E-state index contributed by atoms with van der Waals surface area (Å²) in [6, 6.07) is 0. The molecule has 0 aromatic carbocycles. The third-order valence-corrected chi connectivity index (χ3v) is 6.07. The van der Waals surface area contributed by atoms with Crippen LogP contribution in [0.25, 0.3) is 0 Å². The molecule has 2 saturated carbocycles. The van der Waals surface area contributed by atoms with E-state index in [9.17, 15) is 10.2 Å². The first-order valence-electron chi connectivity index (χ1n) is 7.30. The number of epoxide rings is 1. The van der Waals surface area contributed by atoms with Gasteiger partial charge in [0.2, 0.25) is 0 Å². The van der Waals surface area contributed by atoms with Gasteiger partial charge in [-0.15, -0.1) is 0 Å². The lowest BCUT2D eigenvalue weighted by Gasteiger charge is -2.42. The summed E-state index contributed by atoms with van der Waals surface area (Å²) in [7, 11) is 0. The average molecular weight is 254 g/mol. The second-order valence-electron chi connectivity index (χ2n) is 7.67. The molecule has 0 aromatic rings. The van der Waals surface area contributed by atoms with E-state index in [1.165, 1.54) is 0 Å². The highest BCUT2D eigenvalue weighted by atomic mass is 16.6. The molecule has 0 unspecified atom stereocenters. The van der Waals surface area contributed by atoms with E-state index >= 15 is 0 Å². The first-order chi connectivity index (χ1) is 8.21. The molecule has 2 N–H and O–H groups in total. The fourth-order valence-electron chi connectivity index (χ4n) is 4.76. The van der Waals surface area contributed by atoms with E-state index in [0.29, 0.717) is 6.42 Å².